The van der Waals surface area contributed by atoms with Crippen LogP contribution in [0.3, 0.4) is 0 Å². The summed E-state index contributed by atoms with van der Waals surface area (Å²) in [7, 11) is -3.03. The summed E-state index contributed by atoms with van der Waals surface area (Å²) in [6, 6.07) is -0.245. The zero-order valence-corrected chi connectivity index (χ0v) is 12.8. The number of sulfone groups is 1. The summed E-state index contributed by atoms with van der Waals surface area (Å²) in [4.78, 5) is 24.3. The monoisotopic (exact) mass is 318 g/mol. The van der Waals surface area contributed by atoms with Gasteiger partial charge in [-0.05, 0) is 31.6 Å². The lowest BCUT2D eigenvalue weighted by molar-refractivity contribution is -0.138. The molecule has 2 saturated heterocycles. The molecular weight excluding hydrogens is 296 g/mol. The predicted molar refractivity (Wildman–Crippen MR) is 76.8 cm³/mol. The molecule has 1 unspecified atom stereocenters. The van der Waals surface area contributed by atoms with Crippen molar-refractivity contribution in [3.8, 4) is 0 Å². The number of hydrogen-bond acceptors (Lipinski definition) is 4. The van der Waals surface area contributed by atoms with Crippen molar-refractivity contribution in [2.45, 2.75) is 37.4 Å². The van der Waals surface area contributed by atoms with Gasteiger partial charge in [-0.25, -0.2) is 13.2 Å². The van der Waals surface area contributed by atoms with Crippen LogP contribution in [0.5, 0.6) is 0 Å². The van der Waals surface area contributed by atoms with E-state index in [2.05, 4.69) is 5.32 Å². The third-order valence-corrected chi connectivity index (χ3v) is 6.58. The highest BCUT2D eigenvalue weighted by Crippen LogP contribution is 2.21. The van der Waals surface area contributed by atoms with Crippen LogP contribution in [0, 0.1) is 5.92 Å². The Labute approximate surface area is 124 Å². The summed E-state index contributed by atoms with van der Waals surface area (Å²) < 4.78 is 23.4. The molecule has 2 amide bonds. The van der Waals surface area contributed by atoms with Gasteiger partial charge < -0.3 is 15.3 Å². The van der Waals surface area contributed by atoms with E-state index >= 15 is 0 Å². The van der Waals surface area contributed by atoms with Gasteiger partial charge in [-0.3, -0.25) is 4.79 Å². The molecule has 2 N–H and O–H groups in total. The number of nitrogens with one attached hydrogen (secondary N) is 1. The minimum absolute atomic E-state index is 0.127. The van der Waals surface area contributed by atoms with Crippen molar-refractivity contribution in [2.75, 3.05) is 25.4 Å². The molecular formula is C13H22N2O5S. The SMILES string of the molecule is O=C(O)CC1CCN(C(=O)NCC2CCCS2(=O)=O)CC1. The molecule has 8 heteroatoms. The molecule has 2 aliphatic rings. The van der Waals surface area contributed by atoms with Gasteiger partial charge in [0.1, 0.15) is 0 Å². The molecule has 0 spiro atoms. The molecule has 21 heavy (non-hydrogen) atoms. The Kier molecular flexibility index (Phi) is 5.08. The van der Waals surface area contributed by atoms with E-state index < -0.39 is 21.1 Å². The molecule has 0 aliphatic carbocycles. The molecule has 1 atom stereocenters. The van der Waals surface area contributed by atoms with Gasteiger partial charge in [0.15, 0.2) is 9.84 Å². The second kappa shape index (κ2) is 6.64. The first-order valence-corrected chi connectivity index (χ1v) is 9.06. The summed E-state index contributed by atoms with van der Waals surface area (Å²) in [5, 5.41) is 11.0. The number of carboxylic acid groups (broad SMARTS) is 1. The molecule has 2 rings (SSSR count). The fraction of sp³-hybridized carbons (Fsp3) is 0.846. The highest BCUT2D eigenvalue weighted by Gasteiger charge is 2.32. The van der Waals surface area contributed by atoms with Crippen LogP contribution in [0.25, 0.3) is 0 Å². The van der Waals surface area contributed by atoms with E-state index in [0.29, 0.717) is 38.8 Å². The lowest BCUT2D eigenvalue weighted by atomic mass is 9.94. The third-order valence-electron chi connectivity index (χ3n) is 4.31. The number of rotatable bonds is 4. The summed E-state index contributed by atoms with van der Waals surface area (Å²) >= 11 is 0. The number of carboxylic acids is 1. The van der Waals surface area contributed by atoms with Crippen molar-refractivity contribution in [2.24, 2.45) is 5.92 Å². The van der Waals surface area contributed by atoms with Crippen LogP contribution < -0.4 is 5.32 Å². The number of aliphatic carboxylic acids is 1. The third kappa shape index (κ3) is 4.33. The largest absolute Gasteiger partial charge is 0.481 e. The Hall–Kier alpha value is -1.31. The summed E-state index contributed by atoms with van der Waals surface area (Å²) in [5.41, 5.74) is 0. The highest BCUT2D eigenvalue weighted by molar-refractivity contribution is 7.92. The van der Waals surface area contributed by atoms with Gasteiger partial charge in [0.25, 0.3) is 0 Å². The molecule has 0 aromatic heterocycles. The normalized spacial score (nSPS) is 25.7. The lowest BCUT2D eigenvalue weighted by Gasteiger charge is -2.31. The molecule has 120 valence electrons. The Bertz CT molecular complexity index is 497. The average Bonchev–Trinajstić information content (AvgIpc) is 2.75. The molecule has 0 bridgehead atoms. The van der Waals surface area contributed by atoms with Crippen molar-refractivity contribution in [3.63, 3.8) is 0 Å². The first-order chi connectivity index (χ1) is 9.88. The maximum Gasteiger partial charge on any atom is 0.317 e. The molecule has 2 fully saturated rings. The molecule has 0 aromatic carbocycles. The van der Waals surface area contributed by atoms with Crippen molar-refractivity contribution in [1.29, 1.82) is 0 Å². The molecule has 0 saturated carbocycles. The topological polar surface area (TPSA) is 104 Å². The van der Waals surface area contributed by atoms with E-state index in [-0.39, 0.29) is 30.7 Å². The number of amides is 2. The summed E-state index contributed by atoms with van der Waals surface area (Å²) in [6.07, 6.45) is 2.80. The van der Waals surface area contributed by atoms with E-state index in [4.69, 9.17) is 5.11 Å². The maximum atomic E-state index is 12.0. The van der Waals surface area contributed by atoms with Gasteiger partial charge >= 0.3 is 12.0 Å². The van der Waals surface area contributed by atoms with Crippen LogP contribution >= 0.6 is 0 Å². The van der Waals surface area contributed by atoms with E-state index in [1.807, 2.05) is 0 Å². The molecule has 7 nitrogen and oxygen atoms in total. The van der Waals surface area contributed by atoms with Gasteiger partial charge in [-0.2, -0.15) is 0 Å². The van der Waals surface area contributed by atoms with Gasteiger partial charge in [0.2, 0.25) is 0 Å². The van der Waals surface area contributed by atoms with E-state index in [1.54, 1.807) is 4.90 Å². The van der Waals surface area contributed by atoms with Crippen molar-refractivity contribution < 1.29 is 23.1 Å². The first kappa shape index (κ1) is 16.1. The number of likely N-dealkylation sites (tertiary alicyclic amines) is 1. The van der Waals surface area contributed by atoms with Crippen LogP contribution in [0.2, 0.25) is 0 Å². The fourth-order valence-corrected chi connectivity index (χ4v) is 4.75. The van der Waals surface area contributed by atoms with Crippen LogP contribution in [0.1, 0.15) is 32.1 Å². The molecule has 0 radical (unpaired) electrons. The van der Waals surface area contributed by atoms with Crippen LogP contribution in [0.4, 0.5) is 4.79 Å². The number of hydrogen-bond donors (Lipinski definition) is 2. The van der Waals surface area contributed by atoms with Gasteiger partial charge in [0.05, 0.1) is 11.0 Å². The number of carbonyl (C=O) groups is 2. The van der Waals surface area contributed by atoms with Gasteiger partial charge in [0, 0.05) is 26.1 Å². The minimum atomic E-state index is -3.03. The first-order valence-electron chi connectivity index (χ1n) is 7.34. The Morgan fingerprint density at radius 2 is 1.86 bits per heavy atom. The maximum absolute atomic E-state index is 12.0. The fourth-order valence-electron chi connectivity index (χ4n) is 2.99. The Morgan fingerprint density at radius 3 is 2.38 bits per heavy atom. The second-order valence-electron chi connectivity index (χ2n) is 5.85. The number of urea groups is 1. The van der Waals surface area contributed by atoms with Crippen LogP contribution in [-0.2, 0) is 14.6 Å². The Balaban J connectivity index is 1.74. The standard InChI is InChI=1S/C13H22N2O5S/c16-12(17)8-10-3-5-15(6-4-10)13(18)14-9-11-2-1-7-21(11,19)20/h10-11H,1-9H2,(H,14,18)(H,16,17). The summed E-state index contributed by atoms with van der Waals surface area (Å²) in [6.45, 7) is 1.23. The minimum Gasteiger partial charge on any atom is -0.481 e. The van der Waals surface area contributed by atoms with Crippen LogP contribution in [-0.4, -0.2) is 61.1 Å². The van der Waals surface area contributed by atoms with E-state index in [1.165, 1.54) is 0 Å². The highest BCUT2D eigenvalue weighted by atomic mass is 32.2. The predicted octanol–water partition coefficient (Wildman–Crippen LogP) is 0.460. The average molecular weight is 318 g/mol. The van der Waals surface area contributed by atoms with E-state index in [0.717, 1.165) is 0 Å². The Morgan fingerprint density at radius 1 is 1.19 bits per heavy atom. The molecule has 2 heterocycles. The van der Waals surface area contributed by atoms with Gasteiger partial charge in [-0.15, -0.1) is 0 Å². The number of piperidine rings is 1. The zero-order chi connectivity index (χ0) is 15.5. The zero-order valence-electron chi connectivity index (χ0n) is 12.0. The number of nitrogens with zero attached hydrogens (tertiary/aromatic N) is 1. The number of carbonyl (C=O) groups excluding carboxylic acids is 1. The van der Waals surface area contributed by atoms with Crippen LogP contribution in [0.15, 0.2) is 0 Å². The smallest absolute Gasteiger partial charge is 0.317 e. The molecule has 0 aromatic rings. The lowest BCUT2D eigenvalue weighted by Crippen LogP contribution is -2.47. The van der Waals surface area contributed by atoms with E-state index in [9.17, 15) is 18.0 Å². The second-order valence-corrected chi connectivity index (χ2v) is 8.25. The van der Waals surface area contributed by atoms with Crippen molar-refractivity contribution >= 4 is 21.8 Å². The summed E-state index contributed by atoms with van der Waals surface area (Å²) in [5.74, 6) is -0.459. The van der Waals surface area contributed by atoms with Crippen molar-refractivity contribution in [1.82, 2.24) is 10.2 Å². The van der Waals surface area contributed by atoms with Crippen molar-refractivity contribution in [3.05, 3.63) is 0 Å². The van der Waals surface area contributed by atoms with Gasteiger partial charge in [-0.1, -0.05) is 0 Å². The quantitative estimate of drug-likeness (QED) is 0.783. The molecule has 2 aliphatic heterocycles.